The van der Waals surface area contributed by atoms with Crippen LogP contribution in [0.5, 0.6) is 0 Å². The molecular formula is C12H18N2O3. The molecule has 0 spiro atoms. The Morgan fingerprint density at radius 1 is 1.41 bits per heavy atom. The monoisotopic (exact) mass is 238 g/mol. The first kappa shape index (κ1) is 13.4. The van der Waals surface area contributed by atoms with Gasteiger partial charge in [-0.1, -0.05) is 13.8 Å². The molecular weight excluding hydrogens is 220 g/mol. The molecule has 0 aromatic carbocycles. The van der Waals surface area contributed by atoms with E-state index >= 15 is 0 Å². The minimum atomic E-state index is -0.997. The Kier molecular flexibility index (Phi) is 4.45. The molecule has 17 heavy (non-hydrogen) atoms. The molecule has 0 radical (unpaired) electrons. The van der Waals surface area contributed by atoms with E-state index in [0.717, 1.165) is 12.8 Å². The van der Waals surface area contributed by atoms with Crippen molar-refractivity contribution in [1.29, 1.82) is 0 Å². The van der Waals surface area contributed by atoms with E-state index in [1.165, 1.54) is 12.3 Å². The Bertz CT molecular complexity index is 364. The van der Waals surface area contributed by atoms with Gasteiger partial charge in [-0.05, 0) is 25.0 Å². The number of carboxylic acids is 1. The fourth-order valence-corrected chi connectivity index (χ4v) is 1.56. The molecule has 1 rings (SSSR count). The van der Waals surface area contributed by atoms with Crippen LogP contribution >= 0.6 is 0 Å². The quantitative estimate of drug-likeness (QED) is 0.703. The normalized spacial score (nSPS) is 11.2. The van der Waals surface area contributed by atoms with Crippen LogP contribution in [0.3, 0.4) is 0 Å². The van der Waals surface area contributed by atoms with Crippen molar-refractivity contribution in [3.8, 4) is 0 Å². The molecule has 0 aliphatic rings. The molecule has 5 nitrogen and oxygen atoms in total. The van der Waals surface area contributed by atoms with Crippen molar-refractivity contribution >= 4 is 11.8 Å². The highest BCUT2D eigenvalue weighted by molar-refractivity contribution is 5.87. The van der Waals surface area contributed by atoms with Crippen LogP contribution in [0.1, 0.15) is 37.0 Å². The summed E-state index contributed by atoms with van der Waals surface area (Å²) in [5.41, 5.74) is -0.240. The van der Waals surface area contributed by atoms with Gasteiger partial charge in [-0.2, -0.15) is 0 Å². The SMILES string of the molecule is CCC(CC)(CO)Nc1ccc(C(=O)O)cn1. The third kappa shape index (κ3) is 3.17. The van der Waals surface area contributed by atoms with Crippen LogP contribution in [0.2, 0.25) is 0 Å². The van der Waals surface area contributed by atoms with Gasteiger partial charge in [-0.15, -0.1) is 0 Å². The van der Waals surface area contributed by atoms with Gasteiger partial charge in [0.15, 0.2) is 0 Å². The standard InChI is InChI=1S/C12H18N2O3/c1-3-12(4-2,8-15)14-10-6-5-9(7-13-10)11(16)17/h5-7,15H,3-4,8H2,1-2H3,(H,13,14)(H,16,17). The predicted octanol–water partition coefficient (Wildman–Crippen LogP) is 1.74. The van der Waals surface area contributed by atoms with E-state index in [2.05, 4.69) is 10.3 Å². The highest BCUT2D eigenvalue weighted by Gasteiger charge is 2.25. The summed E-state index contributed by atoms with van der Waals surface area (Å²) in [6, 6.07) is 3.10. The Hall–Kier alpha value is -1.62. The van der Waals surface area contributed by atoms with Crippen molar-refractivity contribution in [2.24, 2.45) is 0 Å². The molecule has 0 saturated carbocycles. The number of hydrogen-bond donors (Lipinski definition) is 3. The van der Waals surface area contributed by atoms with Gasteiger partial charge in [-0.3, -0.25) is 0 Å². The number of nitrogens with one attached hydrogen (secondary N) is 1. The van der Waals surface area contributed by atoms with Gasteiger partial charge < -0.3 is 15.5 Å². The maximum absolute atomic E-state index is 10.7. The van der Waals surface area contributed by atoms with Gasteiger partial charge in [-0.25, -0.2) is 9.78 Å². The summed E-state index contributed by atoms with van der Waals surface area (Å²) in [6.45, 7) is 3.99. The average molecular weight is 238 g/mol. The van der Waals surface area contributed by atoms with Crippen molar-refractivity contribution in [3.63, 3.8) is 0 Å². The van der Waals surface area contributed by atoms with E-state index in [1.807, 2.05) is 13.8 Å². The van der Waals surface area contributed by atoms with Crippen molar-refractivity contribution in [3.05, 3.63) is 23.9 Å². The predicted molar refractivity (Wildman–Crippen MR) is 65.2 cm³/mol. The molecule has 3 N–H and O–H groups in total. The van der Waals surface area contributed by atoms with Crippen molar-refractivity contribution in [2.45, 2.75) is 32.2 Å². The molecule has 0 bridgehead atoms. The number of pyridine rings is 1. The minimum absolute atomic E-state index is 0.0162. The Balaban J connectivity index is 2.84. The lowest BCUT2D eigenvalue weighted by atomic mass is 9.94. The smallest absolute Gasteiger partial charge is 0.337 e. The number of aliphatic hydroxyl groups is 1. The van der Waals surface area contributed by atoms with E-state index < -0.39 is 11.5 Å². The molecule has 1 aromatic rings. The zero-order chi connectivity index (χ0) is 12.9. The molecule has 0 aliphatic heterocycles. The van der Waals surface area contributed by atoms with Crippen LogP contribution in [-0.2, 0) is 0 Å². The lowest BCUT2D eigenvalue weighted by Gasteiger charge is -2.31. The number of nitrogens with zero attached hydrogens (tertiary/aromatic N) is 1. The summed E-state index contributed by atoms with van der Waals surface area (Å²) in [5.74, 6) is -0.420. The number of aromatic nitrogens is 1. The maximum atomic E-state index is 10.7. The zero-order valence-electron chi connectivity index (χ0n) is 10.1. The van der Waals surface area contributed by atoms with Crippen LogP contribution in [-0.4, -0.2) is 33.3 Å². The van der Waals surface area contributed by atoms with Crippen LogP contribution in [0.15, 0.2) is 18.3 Å². The third-order valence-corrected chi connectivity index (χ3v) is 3.06. The van der Waals surface area contributed by atoms with Gasteiger partial charge in [0.05, 0.1) is 17.7 Å². The first-order valence-electron chi connectivity index (χ1n) is 5.65. The van der Waals surface area contributed by atoms with E-state index in [9.17, 15) is 9.90 Å². The van der Waals surface area contributed by atoms with Gasteiger partial charge in [0.2, 0.25) is 0 Å². The van der Waals surface area contributed by atoms with E-state index in [1.54, 1.807) is 6.07 Å². The van der Waals surface area contributed by atoms with Crippen LogP contribution in [0, 0.1) is 0 Å². The molecule has 0 aliphatic carbocycles. The number of aromatic carboxylic acids is 1. The second-order valence-corrected chi connectivity index (χ2v) is 4.01. The molecule has 0 atom stereocenters. The fourth-order valence-electron chi connectivity index (χ4n) is 1.56. The molecule has 0 unspecified atom stereocenters. The minimum Gasteiger partial charge on any atom is -0.478 e. The average Bonchev–Trinajstić information content (AvgIpc) is 2.37. The largest absolute Gasteiger partial charge is 0.478 e. The fraction of sp³-hybridized carbons (Fsp3) is 0.500. The number of aliphatic hydroxyl groups excluding tert-OH is 1. The third-order valence-electron chi connectivity index (χ3n) is 3.06. The topological polar surface area (TPSA) is 82.5 Å². The highest BCUT2D eigenvalue weighted by atomic mass is 16.4. The Morgan fingerprint density at radius 3 is 2.41 bits per heavy atom. The summed E-state index contributed by atoms with van der Waals surface area (Å²) in [7, 11) is 0. The molecule has 1 heterocycles. The maximum Gasteiger partial charge on any atom is 0.337 e. The summed E-state index contributed by atoms with van der Waals surface area (Å²) in [5, 5.41) is 21.3. The first-order chi connectivity index (χ1) is 8.06. The molecule has 0 saturated heterocycles. The van der Waals surface area contributed by atoms with Crippen LogP contribution in [0.4, 0.5) is 5.82 Å². The number of carboxylic acid groups (broad SMARTS) is 1. The Morgan fingerprint density at radius 2 is 2.06 bits per heavy atom. The summed E-state index contributed by atoms with van der Waals surface area (Å²) >= 11 is 0. The molecule has 0 fully saturated rings. The lowest BCUT2D eigenvalue weighted by molar-refractivity contribution is 0.0696. The molecule has 5 heteroatoms. The zero-order valence-corrected chi connectivity index (χ0v) is 10.1. The Labute approximate surface area is 101 Å². The van der Waals surface area contributed by atoms with Crippen molar-refractivity contribution < 1.29 is 15.0 Å². The van der Waals surface area contributed by atoms with E-state index in [4.69, 9.17) is 5.11 Å². The summed E-state index contributed by atoms with van der Waals surface area (Å²) < 4.78 is 0. The van der Waals surface area contributed by atoms with Gasteiger partial charge in [0.25, 0.3) is 0 Å². The van der Waals surface area contributed by atoms with Gasteiger partial charge in [0.1, 0.15) is 5.82 Å². The molecule has 1 aromatic heterocycles. The molecule has 94 valence electrons. The summed E-state index contributed by atoms with van der Waals surface area (Å²) in [4.78, 5) is 14.7. The number of anilines is 1. The van der Waals surface area contributed by atoms with Gasteiger partial charge >= 0.3 is 5.97 Å². The second-order valence-electron chi connectivity index (χ2n) is 4.01. The van der Waals surface area contributed by atoms with Gasteiger partial charge in [0, 0.05) is 6.20 Å². The number of carbonyl (C=O) groups is 1. The second kappa shape index (κ2) is 5.63. The van der Waals surface area contributed by atoms with Crippen molar-refractivity contribution in [2.75, 3.05) is 11.9 Å². The van der Waals surface area contributed by atoms with Crippen LogP contribution < -0.4 is 5.32 Å². The number of hydrogen-bond acceptors (Lipinski definition) is 4. The molecule has 0 amide bonds. The highest BCUT2D eigenvalue weighted by Crippen LogP contribution is 2.20. The van der Waals surface area contributed by atoms with Crippen molar-refractivity contribution in [1.82, 2.24) is 4.98 Å². The first-order valence-corrected chi connectivity index (χ1v) is 5.65. The number of rotatable bonds is 6. The van der Waals surface area contributed by atoms with E-state index in [-0.39, 0.29) is 12.2 Å². The lowest BCUT2D eigenvalue weighted by Crippen LogP contribution is -2.41. The van der Waals surface area contributed by atoms with E-state index in [0.29, 0.717) is 5.82 Å². The van der Waals surface area contributed by atoms with Crippen LogP contribution in [0.25, 0.3) is 0 Å². The summed E-state index contributed by atoms with van der Waals surface area (Å²) in [6.07, 6.45) is 2.84.